The molecule has 0 spiro atoms. The van der Waals surface area contributed by atoms with Crippen LogP contribution in [0.4, 0.5) is 4.79 Å². The predicted molar refractivity (Wildman–Crippen MR) is 88.8 cm³/mol. The van der Waals surface area contributed by atoms with Gasteiger partial charge >= 0.3 is 6.09 Å². The van der Waals surface area contributed by atoms with Crippen LogP contribution in [0.2, 0.25) is 0 Å². The number of thioether (sulfide) groups is 1. The fourth-order valence-electron chi connectivity index (χ4n) is 2.96. The van der Waals surface area contributed by atoms with Gasteiger partial charge in [-0.05, 0) is 76.5 Å². The Balaban J connectivity index is 1.68. The number of ether oxygens (including phenoxy) is 1. The van der Waals surface area contributed by atoms with Gasteiger partial charge in [-0.3, -0.25) is 0 Å². The summed E-state index contributed by atoms with van der Waals surface area (Å²) in [5.74, 6) is 4.05. The Morgan fingerprint density at radius 3 is 2.71 bits per heavy atom. The fraction of sp³-hybridized carbons (Fsp3) is 0.938. The zero-order chi connectivity index (χ0) is 15.3. The zero-order valence-corrected chi connectivity index (χ0v) is 14.5. The first-order valence-electron chi connectivity index (χ1n) is 8.20. The Morgan fingerprint density at radius 2 is 2.05 bits per heavy atom. The van der Waals surface area contributed by atoms with Crippen molar-refractivity contribution in [1.29, 1.82) is 0 Å². The molecule has 1 N–H and O–H groups in total. The molecule has 0 aromatic rings. The number of hydrogen-bond donors (Lipinski definition) is 1. The van der Waals surface area contributed by atoms with E-state index in [4.69, 9.17) is 4.74 Å². The van der Waals surface area contributed by atoms with Crippen LogP contribution < -0.4 is 5.32 Å². The molecule has 0 aliphatic carbocycles. The van der Waals surface area contributed by atoms with Crippen LogP contribution in [-0.2, 0) is 4.74 Å². The smallest absolute Gasteiger partial charge is 0.410 e. The number of nitrogens with zero attached hydrogens (tertiary/aromatic N) is 1. The minimum absolute atomic E-state index is 0.153. The average molecular weight is 314 g/mol. The van der Waals surface area contributed by atoms with Crippen LogP contribution in [0.3, 0.4) is 0 Å². The average Bonchev–Trinajstić information content (AvgIpc) is 2.90. The minimum Gasteiger partial charge on any atom is -0.444 e. The van der Waals surface area contributed by atoms with E-state index in [1.165, 1.54) is 24.3 Å². The highest BCUT2D eigenvalue weighted by atomic mass is 32.2. The second-order valence-electron chi connectivity index (χ2n) is 7.32. The van der Waals surface area contributed by atoms with Gasteiger partial charge in [0.25, 0.3) is 0 Å². The van der Waals surface area contributed by atoms with E-state index in [-0.39, 0.29) is 6.09 Å². The maximum absolute atomic E-state index is 12.1. The highest BCUT2D eigenvalue weighted by molar-refractivity contribution is 7.99. The maximum atomic E-state index is 12.1. The van der Waals surface area contributed by atoms with Crippen LogP contribution >= 0.6 is 11.8 Å². The zero-order valence-electron chi connectivity index (χ0n) is 13.7. The number of carbonyl (C=O) groups is 1. The topological polar surface area (TPSA) is 41.6 Å². The standard InChI is InChI=1S/C16H30N2O2S/c1-16(2,3)20-15(19)18-7-4-5-13(11-18)9-17-10-14-6-8-21-12-14/h13-14,17H,4-12H2,1-3H3. The quantitative estimate of drug-likeness (QED) is 0.866. The lowest BCUT2D eigenvalue weighted by Gasteiger charge is -2.34. The molecule has 0 aromatic carbocycles. The molecule has 0 saturated carbocycles. The summed E-state index contributed by atoms with van der Waals surface area (Å²) < 4.78 is 5.48. The Labute approximate surface area is 133 Å². The van der Waals surface area contributed by atoms with Crippen molar-refractivity contribution in [1.82, 2.24) is 10.2 Å². The van der Waals surface area contributed by atoms with E-state index < -0.39 is 5.60 Å². The molecule has 2 rings (SSSR count). The molecule has 2 atom stereocenters. The summed E-state index contributed by atoms with van der Waals surface area (Å²) in [6.07, 6.45) is 3.50. The SMILES string of the molecule is CC(C)(C)OC(=O)N1CCCC(CNCC2CCSC2)C1. The Bertz CT molecular complexity index is 338. The van der Waals surface area contributed by atoms with E-state index in [0.717, 1.165) is 38.5 Å². The van der Waals surface area contributed by atoms with Crippen LogP contribution in [-0.4, -0.2) is 54.3 Å². The summed E-state index contributed by atoms with van der Waals surface area (Å²) in [5.41, 5.74) is -0.400. The van der Waals surface area contributed by atoms with Gasteiger partial charge in [0.05, 0.1) is 0 Å². The summed E-state index contributed by atoms with van der Waals surface area (Å²) in [4.78, 5) is 14.0. The number of hydrogen-bond acceptors (Lipinski definition) is 4. The van der Waals surface area contributed by atoms with Gasteiger partial charge in [0.15, 0.2) is 0 Å². The Kier molecular flexibility index (Phi) is 6.23. The third kappa shape index (κ3) is 6.07. The van der Waals surface area contributed by atoms with Crippen LogP contribution in [0.15, 0.2) is 0 Å². The van der Waals surface area contributed by atoms with E-state index in [2.05, 4.69) is 17.1 Å². The van der Waals surface area contributed by atoms with E-state index in [1.54, 1.807) is 0 Å². The molecular weight excluding hydrogens is 284 g/mol. The molecular formula is C16H30N2O2S. The van der Waals surface area contributed by atoms with Crippen LogP contribution in [0.25, 0.3) is 0 Å². The normalized spacial score (nSPS) is 26.9. The van der Waals surface area contributed by atoms with Gasteiger partial charge in [-0.15, -0.1) is 0 Å². The second kappa shape index (κ2) is 7.73. The number of piperidine rings is 1. The molecule has 122 valence electrons. The van der Waals surface area contributed by atoms with Crippen LogP contribution in [0.5, 0.6) is 0 Å². The van der Waals surface area contributed by atoms with Gasteiger partial charge in [0.1, 0.15) is 5.60 Å². The van der Waals surface area contributed by atoms with Crippen molar-refractivity contribution >= 4 is 17.9 Å². The van der Waals surface area contributed by atoms with Gasteiger partial charge in [-0.1, -0.05) is 0 Å². The third-order valence-corrected chi connectivity index (χ3v) is 5.29. The predicted octanol–water partition coefficient (Wildman–Crippen LogP) is 2.98. The molecule has 2 fully saturated rings. The van der Waals surface area contributed by atoms with Gasteiger partial charge in [0, 0.05) is 13.1 Å². The number of nitrogens with one attached hydrogen (secondary N) is 1. The third-order valence-electron chi connectivity index (χ3n) is 4.06. The van der Waals surface area contributed by atoms with E-state index in [1.807, 2.05) is 25.7 Å². The van der Waals surface area contributed by atoms with Crippen LogP contribution in [0.1, 0.15) is 40.0 Å². The summed E-state index contributed by atoms with van der Waals surface area (Å²) >= 11 is 2.07. The number of likely N-dealkylation sites (tertiary alicyclic amines) is 1. The van der Waals surface area contributed by atoms with E-state index in [0.29, 0.717) is 5.92 Å². The van der Waals surface area contributed by atoms with Crippen LogP contribution in [0, 0.1) is 11.8 Å². The van der Waals surface area contributed by atoms with Gasteiger partial charge in [0.2, 0.25) is 0 Å². The van der Waals surface area contributed by atoms with Crippen molar-refractivity contribution in [2.24, 2.45) is 11.8 Å². The first-order valence-corrected chi connectivity index (χ1v) is 9.36. The lowest BCUT2D eigenvalue weighted by molar-refractivity contribution is 0.0166. The molecule has 0 aromatic heterocycles. The van der Waals surface area contributed by atoms with Crippen molar-refractivity contribution in [3.05, 3.63) is 0 Å². The van der Waals surface area contributed by atoms with Gasteiger partial charge in [-0.25, -0.2) is 4.79 Å². The van der Waals surface area contributed by atoms with E-state index >= 15 is 0 Å². The number of rotatable bonds is 4. The molecule has 2 aliphatic rings. The minimum atomic E-state index is -0.400. The lowest BCUT2D eigenvalue weighted by atomic mass is 9.98. The lowest BCUT2D eigenvalue weighted by Crippen LogP contribution is -2.45. The highest BCUT2D eigenvalue weighted by Crippen LogP contribution is 2.23. The van der Waals surface area contributed by atoms with E-state index in [9.17, 15) is 4.79 Å². The van der Waals surface area contributed by atoms with Crippen molar-refractivity contribution in [2.45, 2.75) is 45.6 Å². The summed E-state index contributed by atoms with van der Waals surface area (Å²) in [7, 11) is 0. The largest absolute Gasteiger partial charge is 0.444 e. The molecule has 2 heterocycles. The first kappa shape index (κ1) is 16.9. The second-order valence-corrected chi connectivity index (χ2v) is 8.47. The van der Waals surface area contributed by atoms with Crippen molar-refractivity contribution in [3.63, 3.8) is 0 Å². The van der Waals surface area contributed by atoms with Gasteiger partial charge in [-0.2, -0.15) is 11.8 Å². The number of carbonyl (C=O) groups excluding carboxylic acids is 1. The van der Waals surface area contributed by atoms with Crippen molar-refractivity contribution in [3.8, 4) is 0 Å². The highest BCUT2D eigenvalue weighted by Gasteiger charge is 2.27. The van der Waals surface area contributed by atoms with Crippen molar-refractivity contribution < 1.29 is 9.53 Å². The molecule has 0 radical (unpaired) electrons. The Hall–Kier alpha value is -0.420. The monoisotopic (exact) mass is 314 g/mol. The van der Waals surface area contributed by atoms with Gasteiger partial charge < -0.3 is 15.0 Å². The summed E-state index contributed by atoms with van der Waals surface area (Å²) in [5, 5.41) is 3.61. The molecule has 2 saturated heterocycles. The Morgan fingerprint density at radius 1 is 1.29 bits per heavy atom. The maximum Gasteiger partial charge on any atom is 0.410 e. The molecule has 0 bridgehead atoms. The molecule has 1 amide bonds. The summed E-state index contributed by atoms with van der Waals surface area (Å²) in [6, 6.07) is 0. The first-order chi connectivity index (χ1) is 9.94. The number of amides is 1. The molecule has 21 heavy (non-hydrogen) atoms. The summed E-state index contributed by atoms with van der Waals surface area (Å²) in [6.45, 7) is 9.61. The molecule has 2 aliphatic heterocycles. The molecule has 2 unspecified atom stereocenters. The van der Waals surface area contributed by atoms with Crippen molar-refractivity contribution in [2.75, 3.05) is 37.7 Å². The molecule has 5 heteroatoms. The molecule has 4 nitrogen and oxygen atoms in total. The fourth-order valence-corrected chi connectivity index (χ4v) is 4.24.